The van der Waals surface area contributed by atoms with Gasteiger partial charge in [0.1, 0.15) is 6.10 Å². The summed E-state index contributed by atoms with van der Waals surface area (Å²) in [6.07, 6.45) is -1.44. The Morgan fingerprint density at radius 3 is 2.78 bits per heavy atom. The van der Waals surface area contributed by atoms with Crippen molar-refractivity contribution in [3.05, 3.63) is 35.4 Å². The lowest BCUT2D eigenvalue weighted by molar-refractivity contribution is -0.109. The van der Waals surface area contributed by atoms with Crippen molar-refractivity contribution in [2.24, 2.45) is 5.73 Å². The largest absolute Gasteiger partial charge is 0.390 e. The summed E-state index contributed by atoms with van der Waals surface area (Å²) in [5, 5.41) is 19.8. The molecule has 1 aromatic carbocycles. The molecule has 1 aromatic rings. The standard InChI is InChI=1S/C13H19NO3S/c1-9(15)18-6-5-12(16)13(17)11-4-2-3-10(7-11)8-14/h2-4,7,12-13,16-17H,5-6,8,14H2,1H3. The van der Waals surface area contributed by atoms with Gasteiger partial charge in [0.05, 0.1) is 6.10 Å². The van der Waals surface area contributed by atoms with Gasteiger partial charge in [0.25, 0.3) is 0 Å². The van der Waals surface area contributed by atoms with Crippen LogP contribution in [0.4, 0.5) is 0 Å². The Hall–Kier alpha value is -0.880. The lowest BCUT2D eigenvalue weighted by atomic mass is 10.0. The molecule has 0 heterocycles. The van der Waals surface area contributed by atoms with Crippen molar-refractivity contribution in [3.8, 4) is 0 Å². The van der Waals surface area contributed by atoms with Gasteiger partial charge in [-0.05, 0) is 17.5 Å². The van der Waals surface area contributed by atoms with Crippen LogP contribution in [0.15, 0.2) is 24.3 Å². The van der Waals surface area contributed by atoms with Gasteiger partial charge in [-0.3, -0.25) is 4.79 Å². The first-order chi connectivity index (χ1) is 8.54. The number of hydrogen-bond acceptors (Lipinski definition) is 5. The van der Waals surface area contributed by atoms with Crippen LogP contribution in [0.2, 0.25) is 0 Å². The maximum atomic E-state index is 10.8. The zero-order chi connectivity index (χ0) is 13.5. The topological polar surface area (TPSA) is 83.5 Å². The minimum absolute atomic E-state index is 0.0156. The predicted molar refractivity (Wildman–Crippen MR) is 73.1 cm³/mol. The van der Waals surface area contributed by atoms with Crippen molar-refractivity contribution in [3.63, 3.8) is 0 Å². The number of benzene rings is 1. The first-order valence-corrected chi connectivity index (χ1v) is 6.81. The quantitative estimate of drug-likeness (QED) is 0.723. The molecule has 0 spiro atoms. The smallest absolute Gasteiger partial charge is 0.185 e. The molecule has 2 atom stereocenters. The minimum Gasteiger partial charge on any atom is -0.390 e. The molecular weight excluding hydrogens is 250 g/mol. The minimum atomic E-state index is -0.941. The first-order valence-electron chi connectivity index (χ1n) is 5.83. The van der Waals surface area contributed by atoms with Crippen LogP contribution in [0.3, 0.4) is 0 Å². The molecular formula is C13H19NO3S. The highest BCUT2D eigenvalue weighted by Gasteiger charge is 2.18. The first kappa shape index (κ1) is 15.2. The van der Waals surface area contributed by atoms with Crippen LogP contribution in [0, 0.1) is 0 Å². The Bertz CT molecular complexity index is 398. The number of rotatable bonds is 6. The third-order valence-corrected chi connectivity index (χ3v) is 3.46. The number of nitrogens with two attached hydrogens (primary N) is 1. The molecule has 0 fully saturated rings. The van der Waals surface area contributed by atoms with Gasteiger partial charge in [0, 0.05) is 19.2 Å². The van der Waals surface area contributed by atoms with Crippen LogP contribution in [-0.4, -0.2) is 27.2 Å². The second-order valence-corrected chi connectivity index (χ2v) is 5.36. The van der Waals surface area contributed by atoms with E-state index in [-0.39, 0.29) is 5.12 Å². The van der Waals surface area contributed by atoms with Crippen molar-refractivity contribution in [1.82, 2.24) is 0 Å². The fourth-order valence-corrected chi connectivity index (χ4v) is 2.25. The summed E-state index contributed by atoms with van der Waals surface area (Å²) in [5.41, 5.74) is 7.09. The highest BCUT2D eigenvalue weighted by Crippen LogP contribution is 2.21. The number of thioether (sulfide) groups is 1. The molecule has 0 saturated carbocycles. The van der Waals surface area contributed by atoms with E-state index in [9.17, 15) is 15.0 Å². The van der Waals surface area contributed by atoms with Gasteiger partial charge in [-0.25, -0.2) is 0 Å². The average Bonchev–Trinajstić information content (AvgIpc) is 2.37. The van der Waals surface area contributed by atoms with Crippen LogP contribution < -0.4 is 5.73 Å². The Balaban J connectivity index is 2.56. The molecule has 0 bridgehead atoms. The normalized spacial score (nSPS) is 14.2. The third-order valence-electron chi connectivity index (χ3n) is 2.61. The fraction of sp³-hybridized carbons (Fsp3) is 0.462. The SMILES string of the molecule is CC(=O)SCCC(O)C(O)c1cccc(CN)c1. The maximum absolute atomic E-state index is 10.8. The second-order valence-electron chi connectivity index (χ2n) is 4.09. The van der Waals surface area contributed by atoms with Gasteiger partial charge in [0.2, 0.25) is 0 Å². The van der Waals surface area contributed by atoms with Gasteiger partial charge in [-0.1, -0.05) is 36.0 Å². The van der Waals surface area contributed by atoms with E-state index in [0.717, 1.165) is 17.3 Å². The zero-order valence-corrected chi connectivity index (χ0v) is 11.2. The van der Waals surface area contributed by atoms with E-state index in [4.69, 9.17) is 5.73 Å². The molecule has 0 amide bonds. The molecule has 4 N–H and O–H groups in total. The zero-order valence-electron chi connectivity index (χ0n) is 10.4. The third kappa shape index (κ3) is 4.78. The van der Waals surface area contributed by atoms with Crippen molar-refractivity contribution in [2.45, 2.75) is 32.1 Å². The molecule has 5 heteroatoms. The molecule has 0 aliphatic heterocycles. The van der Waals surface area contributed by atoms with Crippen LogP contribution >= 0.6 is 11.8 Å². The lowest BCUT2D eigenvalue weighted by Gasteiger charge is -2.18. The summed E-state index contributed by atoms with van der Waals surface area (Å²) in [6.45, 7) is 1.88. The van der Waals surface area contributed by atoms with E-state index in [2.05, 4.69) is 0 Å². The molecule has 0 radical (unpaired) electrons. The molecule has 100 valence electrons. The number of aliphatic hydroxyl groups is 2. The molecule has 4 nitrogen and oxygen atoms in total. The Labute approximate surface area is 111 Å². The maximum Gasteiger partial charge on any atom is 0.185 e. The summed E-state index contributed by atoms with van der Waals surface area (Å²) in [7, 11) is 0. The number of carbonyl (C=O) groups is 1. The lowest BCUT2D eigenvalue weighted by Crippen LogP contribution is -2.19. The second kappa shape index (κ2) is 7.53. The van der Waals surface area contributed by atoms with Crippen LogP contribution in [0.25, 0.3) is 0 Å². The molecule has 1 rings (SSSR count). The van der Waals surface area contributed by atoms with Crippen molar-refractivity contribution < 1.29 is 15.0 Å². The van der Waals surface area contributed by atoms with Gasteiger partial charge in [-0.15, -0.1) is 0 Å². The Morgan fingerprint density at radius 1 is 1.44 bits per heavy atom. The molecule has 0 aromatic heterocycles. The van der Waals surface area contributed by atoms with Gasteiger partial charge < -0.3 is 15.9 Å². The van der Waals surface area contributed by atoms with Crippen LogP contribution in [-0.2, 0) is 11.3 Å². The number of hydrogen-bond donors (Lipinski definition) is 3. The summed E-state index contributed by atoms with van der Waals surface area (Å²) in [6, 6.07) is 7.21. The molecule has 0 aliphatic rings. The number of aliphatic hydroxyl groups excluding tert-OH is 2. The van der Waals surface area contributed by atoms with Gasteiger partial charge in [0.15, 0.2) is 5.12 Å². The van der Waals surface area contributed by atoms with Crippen molar-refractivity contribution in [2.75, 3.05) is 5.75 Å². The van der Waals surface area contributed by atoms with E-state index in [0.29, 0.717) is 24.3 Å². The van der Waals surface area contributed by atoms with Crippen molar-refractivity contribution >= 4 is 16.9 Å². The molecule has 2 unspecified atom stereocenters. The van der Waals surface area contributed by atoms with Crippen LogP contribution in [0.1, 0.15) is 30.6 Å². The average molecular weight is 269 g/mol. The van der Waals surface area contributed by atoms with E-state index in [1.165, 1.54) is 6.92 Å². The highest BCUT2D eigenvalue weighted by atomic mass is 32.2. The monoisotopic (exact) mass is 269 g/mol. The Morgan fingerprint density at radius 2 is 2.17 bits per heavy atom. The summed E-state index contributed by atoms with van der Waals surface area (Å²) in [5.74, 6) is 0.504. The summed E-state index contributed by atoms with van der Waals surface area (Å²) < 4.78 is 0. The van der Waals surface area contributed by atoms with Gasteiger partial charge >= 0.3 is 0 Å². The van der Waals surface area contributed by atoms with E-state index in [1.54, 1.807) is 18.2 Å². The van der Waals surface area contributed by atoms with E-state index < -0.39 is 12.2 Å². The highest BCUT2D eigenvalue weighted by molar-refractivity contribution is 8.13. The van der Waals surface area contributed by atoms with E-state index >= 15 is 0 Å². The molecule has 0 aliphatic carbocycles. The molecule has 18 heavy (non-hydrogen) atoms. The van der Waals surface area contributed by atoms with Gasteiger partial charge in [-0.2, -0.15) is 0 Å². The van der Waals surface area contributed by atoms with Crippen LogP contribution in [0.5, 0.6) is 0 Å². The summed E-state index contributed by atoms with van der Waals surface area (Å²) >= 11 is 1.15. The summed E-state index contributed by atoms with van der Waals surface area (Å²) in [4.78, 5) is 10.8. The molecule has 0 saturated heterocycles. The Kier molecular flexibility index (Phi) is 6.35. The van der Waals surface area contributed by atoms with Crippen molar-refractivity contribution in [1.29, 1.82) is 0 Å². The van der Waals surface area contributed by atoms with E-state index in [1.807, 2.05) is 6.07 Å². The fourth-order valence-electron chi connectivity index (χ4n) is 1.61. The predicted octanol–water partition coefficient (Wildman–Crippen LogP) is 1.21. The number of carbonyl (C=O) groups excluding carboxylic acids is 1.